The Hall–Kier alpha value is -1.36. The number of nitrogens with zero attached hydrogens (tertiary/aromatic N) is 2. The minimum atomic E-state index is -0.858. The molecule has 88 valence electrons. The van der Waals surface area contributed by atoms with Gasteiger partial charge < -0.3 is 10.2 Å². The van der Waals surface area contributed by atoms with Crippen molar-refractivity contribution in [2.24, 2.45) is 0 Å². The third kappa shape index (κ3) is 2.41. The molecule has 1 aliphatic carbocycles. The van der Waals surface area contributed by atoms with Gasteiger partial charge in [-0.25, -0.2) is 0 Å². The maximum atomic E-state index is 10.5. The Morgan fingerprint density at radius 1 is 1.50 bits per heavy atom. The first kappa shape index (κ1) is 11.1. The molecule has 16 heavy (non-hydrogen) atoms. The fourth-order valence-electron chi connectivity index (χ4n) is 2.22. The Morgan fingerprint density at radius 2 is 2.25 bits per heavy atom. The summed E-state index contributed by atoms with van der Waals surface area (Å²) in [6.07, 6.45) is 6.79. The van der Waals surface area contributed by atoms with Crippen LogP contribution in [0.3, 0.4) is 0 Å². The molecule has 1 aromatic heterocycles. The van der Waals surface area contributed by atoms with E-state index in [1.807, 2.05) is 0 Å². The van der Waals surface area contributed by atoms with E-state index in [2.05, 4.69) is 5.10 Å². The van der Waals surface area contributed by atoms with Gasteiger partial charge in [0.15, 0.2) is 0 Å². The number of carbonyl (C=O) groups is 1. The number of aliphatic hydroxyl groups excluding tert-OH is 1. The third-order valence-electron chi connectivity index (χ3n) is 3.04. The van der Waals surface area contributed by atoms with Crippen LogP contribution in [0.15, 0.2) is 12.4 Å². The molecule has 1 aliphatic rings. The second-order valence-corrected chi connectivity index (χ2v) is 4.32. The van der Waals surface area contributed by atoms with Crippen LogP contribution in [0.5, 0.6) is 0 Å². The molecule has 1 saturated carbocycles. The van der Waals surface area contributed by atoms with Crippen LogP contribution in [-0.4, -0.2) is 32.1 Å². The Kier molecular flexibility index (Phi) is 3.24. The highest BCUT2D eigenvalue weighted by Crippen LogP contribution is 2.28. The molecule has 0 saturated heterocycles. The van der Waals surface area contributed by atoms with Crippen molar-refractivity contribution in [3.63, 3.8) is 0 Å². The van der Waals surface area contributed by atoms with Gasteiger partial charge in [0.05, 0.1) is 24.8 Å². The van der Waals surface area contributed by atoms with Crippen molar-refractivity contribution in [3.8, 4) is 0 Å². The van der Waals surface area contributed by atoms with Crippen LogP contribution in [-0.2, 0) is 11.2 Å². The van der Waals surface area contributed by atoms with E-state index >= 15 is 0 Å². The molecule has 0 bridgehead atoms. The first-order valence-electron chi connectivity index (χ1n) is 5.59. The molecule has 0 radical (unpaired) electrons. The predicted molar refractivity (Wildman–Crippen MR) is 57.1 cm³/mol. The largest absolute Gasteiger partial charge is 0.481 e. The van der Waals surface area contributed by atoms with Gasteiger partial charge >= 0.3 is 5.97 Å². The zero-order valence-corrected chi connectivity index (χ0v) is 9.04. The van der Waals surface area contributed by atoms with E-state index in [1.165, 1.54) is 0 Å². The van der Waals surface area contributed by atoms with E-state index in [0.29, 0.717) is 5.56 Å². The molecule has 2 atom stereocenters. The van der Waals surface area contributed by atoms with Crippen molar-refractivity contribution in [1.29, 1.82) is 0 Å². The first-order chi connectivity index (χ1) is 7.66. The molecule has 5 heteroatoms. The van der Waals surface area contributed by atoms with E-state index < -0.39 is 5.97 Å². The highest BCUT2D eigenvalue weighted by atomic mass is 16.4. The van der Waals surface area contributed by atoms with Crippen molar-refractivity contribution in [2.45, 2.75) is 44.2 Å². The van der Waals surface area contributed by atoms with Crippen LogP contribution in [0.1, 0.15) is 37.3 Å². The highest BCUT2D eigenvalue weighted by Gasteiger charge is 2.25. The van der Waals surface area contributed by atoms with E-state index in [9.17, 15) is 9.90 Å². The van der Waals surface area contributed by atoms with Crippen molar-refractivity contribution in [3.05, 3.63) is 18.0 Å². The van der Waals surface area contributed by atoms with Crippen LogP contribution in [0.4, 0.5) is 0 Å². The summed E-state index contributed by atoms with van der Waals surface area (Å²) in [5.41, 5.74) is 0.685. The zero-order chi connectivity index (χ0) is 11.5. The number of rotatable bonds is 3. The Morgan fingerprint density at radius 3 is 2.94 bits per heavy atom. The molecule has 0 amide bonds. The molecule has 2 rings (SSSR count). The third-order valence-corrected chi connectivity index (χ3v) is 3.04. The molecule has 5 nitrogen and oxygen atoms in total. The summed E-state index contributed by atoms with van der Waals surface area (Å²) in [6, 6.07) is 0.0105. The van der Waals surface area contributed by atoms with Gasteiger partial charge in [-0.15, -0.1) is 0 Å². The molecule has 2 N–H and O–H groups in total. The number of carboxylic acid groups (broad SMARTS) is 1. The Labute approximate surface area is 93.7 Å². The summed E-state index contributed by atoms with van der Waals surface area (Å²) < 4.78 is 1.71. The summed E-state index contributed by atoms with van der Waals surface area (Å²) >= 11 is 0. The summed E-state index contributed by atoms with van der Waals surface area (Å²) in [6.45, 7) is 0. The maximum Gasteiger partial charge on any atom is 0.307 e. The molecule has 1 aromatic rings. The number of hydrogen-bond donors (Lipinski definition) is 2. The minimum absolute atomic E-state index is 0.0105. The average molecular weight is 224 g/mol. The van der Waals surface area contributed by atoms with Crippen molar-refractivity contribution >= 4 is 5.97 Å². The monoisotopic (exact) mass is 224 g/mol. The van der Waals surface area contributed by atoms with Gasteiger partial charge in [0, 0.05) is 11.8 Å². The van der Waals surface area contributed by atoms with Crippen LogP contribution in [0.2, 0.25) is 0 Å². The molecule has 1 fully saturated rings. The van der Waals surface area contributed by atoms with Crippen LogP contribution in [0.25, 0.3) is 0 Å². The number of aromatic nitrogens is 2. The number of aliphatic carboxylic acids is 1. The number of carboxylic acids is 1. The average Bonchev–Trinajstić information content (AvgIpc) is 2.66. The van der Waals surface area contributed by atoms with Gasteiger partial charge in [0.25, 0.3) is 0 Å². The van der Waals surface area contributed by atoms with Gasteiger partial charge in [-0.1, -0.05) is 12.8 Å². The maximum absolute atomic E-state index is 10.5. The first-order valence-corrected chi connectivity index (χ1v) is 5.59. The second-order valence-electron chi connectivity index (χ2n) is 4.32. The van der Waals surface area contributed by atoms with Crippen LogP contribution in [0, 0.1) is 0 Å². The summed E-state index contributed by atoms with van der Waals surface area (Å²) in [5.74, 6) is -0.858. The number of hydrogen-bond acceptors (Lipinski definition) is 3. The number of aliphatic hydroxyl groups is 1. The van der Waals surface area contributed by atoms with Gasteiger partial charge in [-0.3, -0.25) is 9.48 Å². The van der Waals surface area contributed by atoms with Gasteiger partial charge in [0.1, 0.15) is 0 Å². The summed E-state index contributed by atoms with van der Waals surface area (Å²) in [7, 11) is 0. The van der Waals surface area contributed by atoms with Gasteiger partial charge in [0.2, 0.25) is 0 Å². The predicted octanol–water partition coefficient (Wildman–Crippen LogP) is 0.986. The molecule has 0 spiro atoms. The highest BCUT2D eigenvalue weighted by molar-refractivity contribution is 5.69. The second kappa shape index (κ2) is 4.65. The van der Waals surface area contributed by atoms with E-state index in [-0.39, 0.29) is 18.6 Å². The smallest absolute Gasteiger partial charge is 0.307 e. The van der Waals surface area contributed by atoms with Crippen molar-refractivity contribution < 1.29 is 15.0 Å². The molecular weight excluding hydrogens is 208 g/mol. The van der Waals surface area contributed by atoms with Crippen molar-refractivity contribution in [2.75, 3.05) is 0 Å². The fourth-order valence-corrected chi connectivity index (χ4v) is 2.22. The van der Waals surface area contributed by atoms with Gasteiger partial charge in [-0.2, -0.15) is 5.10 Å². The lowest BCUT2D eigenvalue weighted by Gasteiger charge is -2.27. The normalized spacial score (nSPS) is 25.6. The van der Waals surface area contributed by atoms with Crippen LogP contribution < -0.4 is 0 Å². The van der Waals surface area contributed by atoms with E-state index in [1.54, 1.807) is 17.1 Å². The van der Waals surface area contributed by atoms with Crippen molar-refractivity contribution in [1.82, 2.24) is 9.78 Å². The minimum Gasteiger partial charge on any atom is -0.481 e. The van der Waals surface area contributed by atoms with E-state index in [0.717, 1.165) is 25.7 Å². The molecule has 0 aromatic carbocycles. The molecular formula is C11H16N2O3. The summed E-state index contributed by atoms with van der Waals surface area (Å²) in [4.78, 5) is 10.5. The summed E-state index contributed by atoms with van der Waals surface area (Å²) in [5, 5.41) is 22.6. The lowest BCUT2D eigenvalue weighted by atomic mass is 9.93. The molecule has 0 aliphatic heterocycles. The Bertz CT molecular complexity index is 375. The van der Waals surface area contributed by atoms with Gasteiger partial charge in [-0.05, 0) is 12.8 Å². The topological polar surface area (TPSA) is 75.3 Å². The standard InChI is InChI=1S/C11H16N2O3/c14-10-4-2-1-3-9(10)13-7-8(6-12-13)5-11(15)16/h6-7,9-10,14H,1-5H2,(H,15,16). The lowest BCUT2D eigenvalue weighted by molar-refractivity contribution is -0.136. The zero-order valence-electron chi connectivity index (χ0n) is 9.04. The Balaban J connectivity index is 2.08. The molecule has 1 heterocycles. The quantitative estimate of drug-likeness (QED) is 0.802. The molecule has 2 unspecified atom stereocenters. The fraction of sp³-hybridized carbons (Fsp3) is 0.636. The van der Waals surface area contributed by atoms with Crippen LogP contribution >= 0.6 is 0 Å². The lowest BCUT2D eigenvalue weighted by Crippen LogP contribution is -2.27. The SMILES string of the molecule is O=C(O)Cc1cnn(C2CCCCC2O)c1. The van der Waals surface area contributed by atoms with E-state index in [4.69, 9.17) is 5.11 Å².